The average molecular weight is 495 g/mol. The lowest BCUT2D eigenvalue weighted by Gasteiger charge is -2.23. The molecule has 0 aliphatic carbocycles. The molecule has 0 atom stereocenters. The molecule has 4 aromatic rings. The van der Waals surface area contributed by atoms with Gasteiger partial charge in [-0.3, -0.25) is 10.1 Å². The lowest BCUT2D eigenvalue weighted by Crippen LogP contribution is -2.21. The Balaban J connectivity index is 1.82. The maximum absolute atomic E-state index is 14.4. The van der Waals surface area contributed by atoms with E-state index in [-0.39, 0.29) is 23.9 Å². The Morgan fingerprint density at radius 3 is 2.50 bits per heavy atom. The van der Waals surface area contributed by atoms with Crippen LogP contribution >= 0.6 is 15.9 Å². The van der Waals surface area contributed by atoms with E-state index in [1.165, 1.54) is 18.5 Å². The number of pyridine rings is 1. The summed E-state index contributed by atoms with van der Waals surface area (Å²) in [5.74, 6) is -0.207. The summed E-state index contributed by atoms with van der Waals surface area (Å²) in [7, 11) is 0. The van der Waals surface area contributed by atoms with Gasteiger partial charge in [0.1, 0.15) is 18.0 Å². The van der Waals surface area contributed by atoms with Crippen molar-refractivity contribution >= 4 is 44.8 Å². The summed E-state index contributed by atoms with van der Waals surface area (Å²) in [6, 6.07) is 19.1. The van der Waals surface area contributed by atoms with E-state index in [0.29, 0.717) is 10.3 Å². The third-order valence-corrected chi connectivity index (χ3v) is 5.03. The van der Waals surface area contributed by atoms with Crippen LogP contribution in [0.1, 0.15) is 5.56 Å². The fraction of sp³-hybridized carbons (Fsp3) is 0.0455. The second kappa shape index (κ2) is 9.48. The van der Waals surface area contributed by atoms with Crippen molar-refractivity contribution in [3.8, 4) is 0 Å². The molecular formula is C22H16BrFN6O2. The van der Waals surface area contributed by atoms with Crippen LogP contribution in [0, 0.1) is 15.9 Å². The van der Waals surface area contributed by atoms with Crippen molar-refractivity contribution in [2.75, 3.05) is 10.2 Å². The Morgan fingerprint density at radius 2 is 1.81 bits per heavy atom. The monoisotopic (exact) mass is 494 g/mol. The van der Waals surface area contributed by atoms with Crippen LogP contribution in [0.25, 0.3) is 0 Å². The Labute approximate surface area is 191 Å². The number of hydrogen-bond donors (Lipinski definition) is 1. The van der Waals surface area contributed by atoms with E-state index in [1.54, 1.807) is 35.4 Å². The summed E-state index contributed by atoms with van der Waals surface area (Å²) in [5.41, 5.74) is 0.560. The summed E-state index contributed by atoms with van der Waals surface area (Å²) in [6.07, 6.45) is 2.79. The number of anilines is 4. The lowest BCUT2D eigenvalue weighted by molar-refractivity contribution is -0.383. The van der Waals surface area contributed by atoms with Crippen molar-refractivity contribution in [1.82, 2.24) is 15.0 Å². The molecule has 1 N–H and O–H groups in total. The molecule has 10 heteroatoms. The van der Waals surface area contributed by atoms with Gasteiger partial charge in [0.15, 0.2) is 0 Å². The van der Waals surface area contributed by atoms with Crippen LogP contribution in [0.15, 0.2) is 83.7 Å². The number of rotatable bonds is 7. The number of aromatic nitrogens is 3. The number of hydrogen-bond acceptors (Lipinski definition) is 7. The fourth-order valence-corrected chi connectivity index (χ4v) is 3.42. The molecule has 2 aromatic carbocycles. The van der Waals surface area contributed by atoms with Gasteiger partial charge in [-0.15, -0.1) is 0 Å². The van der Waals surface area contributed by atoms with Crippen LogP contribution in [0.3, 0.4) is 0 Å². The second-order valence-electron chi connectivity index (χ2n) is 6.66. The quantitative estimate of drug-likeness (QED) is 0.257. The van der Waals surface area contributed by atoms with Crippen molar-refractivity contribution in [2.45, 2.75) is 6.54 Å². The van der Waals surface area contributed by atoms with Crippen molar-refractivity contribution in [3.05, 3.63) is 105 Å². The van der Waals surface area contributed by atoms with Crippen LogP contribution < -0.4 is 10.2 Å². The van der Waals surface area contributed by atoms with Gasteiger partial charge in [-0.05, 0) is 35.9 Å². The van der Waals surface area contributed by atoms with E-state index in [2.05, 4.69) is 36.2 Å². The summed E-state index contributed by atoms with van der Waals surface area (Å²) < 4.78 is 14.9. The van der Waals surface area contributed by atoms with E-state index >= 15 is 0 Å². The highest BCUT2D eigenvalue weighted by molar-refractivity contribution is 9.10. The van der Waals surface area contributed by atoms with Crippen molar-refractivity contribution in [3.63, 3.8) is 0 Å². The predicted molar refractivity (Wildman–Crippen MR) is 123 cm³/mol. The molecule has 0 saturated heterocycles. The van der Waals surface area contributed by atoms with Gasteiger partial charge in [-0.2, -0.15) is 0 Å². The van der Waals surface area contributed by atoms with Crippen LogP contribution in [0.4, 0.5) is 33.2 Å². The molecule has 2 heterocycles. The minimum Gasteiger partial charge on any atom is -0.332 e. The minimum absolute atomic E-state index is 0.0348. The predicted octanol–water partition coefficient (Wildman–Crippen LogP) is 5.76. The van der Waals surface area contributed by atoms with Crippen LogP contribution in [-0.4, -0.2) is 19.9 Å². The SMILES string of the molecule is O=[N+]([O-])c1c(Nc2ccc(Br)cc2F)ncnc1N(Cc1ccccc1)c1ccccn1. The number of halogens is 2. The smallest absolute Gasteiger partial charge is 0.332 e. The van der Waals surface area contributed by atoms with Crippen LogP contribution in [-0.2, 0) is 6.54 Å². The molecule has 4 rings (SSSR count). The van der Waals surface area contributed by atoms with Crippen LogP contribution in [0.2, 0.25) is 0 Å². The van der Waals surface area contributed by atoms with Gasteiger partial charge in [0.05, 0.1) is 17.2 Å². The molecule has 0 unspecified atom stereocenters. The summed E-state index contributed by atoms with van der Waals surface area (Å²) >= 11 is 3.19. The highest BCUT2D eigenvalue weighted by atomic mass is 79.9. The van der Waals surface area contributed by atoms with E-state index in [4.69, 9.17) is 0 Å². The van der Waals surface area contributed by atoms with Crippen molar-refractivity contribution < 1.29 is 9.31 Å². The zero-order chi connectivity index (χ0) is 22.5. The Bertz CT molecular complexity index is 1240. The molecule has 0 radical (unpaired) electrons. The zero-order valence-corrected chi connectivity index (χ0v) is 18.1. The first-order valence-electron chi connectivity index (χ1n) is 9.47. The standard InChI is InChI=1S/C22H16BrFN6O2/c23-16-9-10-18(17(24)12-16)28-21-20(30(31)32)22(27-14-26-21)29(19-8-4-5-11-25-19)13-15-6-2-1-3-7-15/h1-12,14H,13H2,(H,26,27,28). The second-order valence-corrected chi connectivity index (χ2v) is 7.58. The molecular weight excluding hydrogens is 479 g/mol. The Kier molecular flexibility index (Phi) is 6.31. The summed E-state index contributed by atoms with van der Waals surface area (Å²) in [5, 5.41) is 14.8. The number of benzene rings is 2. The lowest BCUT2D eigenvalue weighted by atomic mass is 10.2. The first-order chi connectivity index (χ1) is 15.5. The third kappa shape index (κ3) is 4.70. The van der Waals surface area contributed by atoms with Crippen LogP contribution in [0.5, 0.6) is 0 Å². The molecule has 0 aliphatic heterocycles. The van der Waals surface area contributed by atoms with Crippen molar-refractivity contribution in [1.29, 1.82) is 0 Å². The van der Waals surface area contributed by atoms with E-state index in [0.717, 1.165) is 5.56 Å². The number of nitrogens with zero attached hydrogens (tertiary/aromatic N) is 5. The van der Waals surface area contributed by atoms with Gasteiger partial charge in [-0.1, -0.05) is 52.3 Å². The maximum Gasteiger partial charge on any atom is 0.354 e. The zero-order valence-electron chi connectivity index (χ0n) is 16.5. The molecule has 2 aromatic heterocycles. The van der Waals surface area contributed by atoms with Gasteiger partial charge in [0.25, 0.3) is 0 Å². The average Bonchev–Trinajstić information content (AvgIpc) is 2.80. The highest BCUT2D eigenvalue weighted by Gasteiger charge is 2.29. The molecule has 0 amide bonds. The summed E-state index contributed by atoms with van der Waals surface area (Å²) in [6.45, 7) is 0.280. The van der Waals surface area contributed by atoms with E-state index < -0.39 is 16.4 Å². The number of nitro groups is 1. The molecule has 0 spiro atoms. The third-order valence-electron chi connectivity index (χ3n) is 4.53. The molecule has 0 bridgehead atoms. The Morgan fingerprint density at radius 1 is 1.03 bits per heavy atom. The van der Waals surface area contributed by atoms with Gasteiger partial charge in [0, 0.05) is 10.7 Å². The van der Waals surface area contributed by atoms with Gasteiger partial charge >= 0.3 is 5.69 Å². The van der Waals surface area contributed by atoms with Gasteiger partial charge < -0.3 is 10.2 Å². The van der Waals surface area contributed by atoms with E-state index in [9.17, 15) is 14.5 Å². The molecule has 0 saturated carbocycles. The minimum atomic E-state index is -0.588. The normalized spacial score (nSPS) is 10.6. The largest absolute Gasteiger partial charge is 0.354 e. The highest BCUT2D eigenvalue weighted by Crippen LogP contribution is 2.37. The molecule has 32 heavy (non-hydrogen) atoms. The summed E-state index contributed by atoms with van der Waals surface area (Å²) in [4.78, 5) is 25.7. The first kappa shape index (κ1) is 21.3. The maximum atomic E-state index is 14.4. The molecule has 0 fully saturated rings. The van der Waals surface area contributed by atoms with Gasteiger partial charge in [-0.25, -0.2) is 19.3 Å². The Hall–Kier alpha value is -3.92. The van der Waals surface area contributed by atoms with Crippen molar-refractivity contribution in [2.24, 2.45) is 0 Å². The fourth-order valence-electron chi connectivity index (χ4n) is 3.09. The number of nitrogens with one attached hydrogen (secondary N) is 1. The van der Waals surface area contributed by atoms with E-state index in [1.807, 2.05) is 30.3 Å². The molecule has 0 aliphatic rings. The molecule has 8 nitrogen and oxygen atoms in total. The first-order valence-corrected chi connectivity index (χ1v) is 10.3. The topological polar surface area (TPSA) is 97.1 Å². The molecule has 160 valence electrons. The van der Waals surface area contributed by atoms with Gasteiger partial charge in [0.2, 0.25) is 11.6 Å².